The van der Waals surface area contributed by atoms with Crippen molar-refractivity contribution >= 4 is 0 Å². The van der Waals surface area contributed by atoms with Gasteiger partial charge in [-0.25, -0.2) is 0 Å². The Morgan fingerprint density at radius 3 is 2.44 bits per heavy atom. The van der Waals surface area contributed by atoms with Gasteiger partial charge in [0.1, 0.15) is 0 Å². The van der Waals surface area contributed by atoms with Crippen molar-refractivity contribution in [1.82, 2.24) is 4.90 Å². The first-order valence-electron chi connectivity index (χ1n) is 10.9. The topological polar surface area (TPSA) is 3.24 Å². The molecule has 1 fully saturated rings. The zero-order valence-electron chi connectivity index (χ0n) is 17.5. The number of nitrogens with zero attached hydrogens (tertiary/aromatic N) is 1. The molecule has 1 aliphatic carbocycles. The smallest absolute Gasteiger partial charge is 0.0430 e. The van der Waals surface area contributed by atoms with Crippen molar-refractivity contribution < 1.29 is 0 Å². The molecule has 0 spiro atoms. The molecule has 0 bridgehead atoms. The van der Waals surface area contributed by atoms with E-state index in [0.29, 0.717) is 5.92 Å². The normalized spacial score (nSPS) is 22.9. The van der Waals surface area contributed by atoms with Crippen molar-refractivity contribution in [2.24, 2.45) is 11.8 Å². The molecule has 0 N–H and O–H groups in total. The van der Waals surface area contributed by atoms with E-state index in [1.165, 1.54) is 49.9 Å². The maximum Gasteiger partial charge on any atom is 0.0430 e. The zero-order valence-corrected chi connectivity index (χ0v) is 17.5. The summed E-state index contributed by atoms with van der Waals surface area (Å²) in [7, 11) is 0. The summed E-state index contributed by atoms with van der Waals surface area (Å²) in [6.45, 7) is 11.9. The van der Waals surface area contributed by atoms with E-state index in [1.54, 1.807) is 11.1 Å². The molecule has 144 valence electrons. The van der Waals surface area contributed by atoms with Crippen LogP contribution >= 0.6 is 0 Å². The Morgan fingerprint density at radius 2 is 1.78 bits per heavy atom. The third kappa shape index (κ3) is 3.47. The van der Waals surface area contributed by atoms with E-state index in [9.17, 15) is 0 Å². The lowest BCUT2D eigenvalue weighted by Crippen LogP contribution is -2.55. The molecule has 2 aromatic carbocycles. The van der Waals surface area contributed by atoms with Gasteiger partial charge < -0.3 is 0 Å². The van der Waals surface area contributed by atoms with Gasteiger partial charge in [-0.1, -0.05) is 69.3 Å². The van der Waals surface area contributed by atoms with Crippen LogP contribution in [0.25, 0.3) is 0 Å². The van der Waals surface area contributed by atoms with Crippen LogP contribution in [0.3, 0.4) is 0 Å². The van der Waals surface area contributed by atoms with E-state index in [2.05, 4.69) is 81.1 Å². The summed E-state index contributed by atoms with van der Waals surface area (Å²) in [6, 6.07) is 18.5. The molecule has 27 heavy (non-hydrogen) atoms. The van der Waals surface area contributed by atoms with E-state index in [-0.39, 0.29) is 5.54 Å². The molecule has 1 aliphatic heterocycles. The molecular formula is C26H35N. The largest absolute Gasteiger partial charge is 0.293 e. The molecule has 0 aromatic heterocycles. The quantitative estimate of drug-likeness (QED) is 0.615. The molecule has 0 saturated carbocycles. The van der Waals surface area contributed by atoms with Gasteiger partial charge in [0, 0.05) is 24.5 Å². The van der Waals surface area contributed by atoms with Gasteiger partial charge in [-0.15, -0.1) is 0 Å². The van der Waals surface area contributed by atoms with Crippen LogP contribution < -0.4 is 0 Å². The highest BCUT2D eigenvalue weighted by molar-refractivity contribution is 5.38. The molecule has 2 aliphatic rings. The maximum atomic E-state index is 2.70. The fourth-order valence-corrected chi connectivity index (χ4v) is 5.12. The van der Waals surface area contributed by atoms with Crippen molar-refractivity contribution in [3.05, 3.63) is 70.8 Å². The van der Waals surface area contributed by atoms with Gasteiger partial charge in [0.25, 0.3) is 0 Å². The van der Waals surface area contributed by atoms with Gasteiger partial charge in [-0.2, -0.15) is 0 Å². The molecule has 2 unspecified atom stereocenters. The number of hydrogen-bond acceptors (Lipinski definition) is 1. The summed E-state index contributed by atoms with van der Waals surface area (Å²) in [5.74, 6) is 2.34. The summed E-state index contributed by atoms with van der Waals surface area (Å²) in [5, 5.41) is 0. The summed E-state index contributed by atoms with van der Waals surface area (Å²) in [6.07, 6.45) is 5.06. The molecule has 1 saturated heterocycles. The predicted molar refractivity (Wildman–Crippen MR) is 115 cm³/mol. The number of likely N-dealkylation sites (tertiary alicyclic amines) is 1. The second kappa shape index (κ2) is 7.43. The predicted octanol–water partition coefficient (Wildman–Crippen LogP) is 6.17. The first-order valence-corrected chi connectivity index (χ1v) is 10.9. The monoisotopic (exact) mass is 361 g/mol. The van der Waals surface area contributed by atoms with Crippen LogP contribution in [0.4, 0.5) is 0 Å². The summed E-state index contributed by atoms with van der Waals surface area (Å²) in [4.78, 5) is 2.70. The van der Waals surface area contributed by atoms with Crippen LogP contribution in [0.15, 0.2) is 48.5 Å². The molecule has 2 atom stereocenters. The maximum absolute atomic E-state index is 2.70. The van der Waals surface area contributed by atoms with Crippen molar-refractivity contribution in [2.45, 2.75) is 64.8 Å². The Labute approximate surface area is 165 Å². The van der Waals surface area contributed by atoms with Crippen LogP contribution in [-0.2, 0) is 18.4 Å². The Morgan fingerprint density at radius 1 is 1.04 bits per heavy atom. The Balaban J connectivity index is 1.53. The molecule has 4 rings (SSSR count). The van der Waals surface area contributed by atoms with Gasteiger partial charge in [0.05, 0.1) is 0 Å². The lowest BCUT2D eigenvalue weighted by Gasteiger charge is -2.51. The van der Waals surface area contributed by atoms with Crippen LogP contribution in [-0.4, -0.2) is 18.0 Å². The third-order valence-electron chi connectivity index (χ3n) is 7.58. The second-order valence-electron chi connectivity index (χ2n) is 9.37. The van der Waals surface area contributed by atoms with Crippen LogP contribution in [0.1, 0.15) is 68.7 Å². The van der Waals surface area contributed by atoms with Crippen LogP contribution in [0, 0.1) is 11.8 Å². The zero-order chi connectivity index (χ0) is 19.0. The van der Waals surface area contributed by atoms with Crippen LogP contribution in [0.5, 0.6) is 0 Å². The van der Waals surface area contributed by atoms with Crippen molar-refractivity contribution in [2.75, 3.05) is 13.1 Å². The average Bonchev–Trinajstić information content (AvgIpc) is 2.66. The standard InChI is InChI=1S/C26H35N/c1-5-26(4,27-17-24(18-27)20-9-7-6-8-10-20)25-14-13-21-11-12-22(19(2)3)15-23(21)16-25/h6-10,13-14,16,19,22,24H,5,11-12,15,17-18H2,1-4H3. The van der Waals surface area contributed by atoms with Gasteiger partial charge >= 0.3 is 0 Å². The van der Waals surface area contributed by atoms with E-state index >= 15 is 0 Å². The van der Waals surface area contributed by atoms with Gasteiger partial charge in [-0.05, 0) is 66.7 Å². The van der Waals surface area contributed by atoms with Crippen molar-refractivity contribution in [3.63, 3.8) is 0 Å². The highest BCUT2D eigenvalue weighted by Crippen LogP contribution is 2.42. The molecule has 1 heteroatoms. The van der Waals surface area contributed by atoms with Gasteiger partial charge in [0.15, 0.2) is 0 Å². The van der Waals surface area contributed by atoms with E-state index in [0.717, 1.165) is 11.8 Å². The number of rotatable bonds is 5. The van der Waals surface area contributed by atoms with Crippen LogP contribution in [0.2, 0.25) is 0 Å². The van der Waals surface area contributed by atoms with E-state index in [4.69, 9.17) is 0 Å². The average molecular weight is 362 g/mol. The molecule has 0 amide bonds. The highest BCUT2D eigenvalue weighted by Gasteiger charge is 2.41. The summed E-state index contributed by atoms with van der Waals surface area (Å²) in [5.41, 5.74) is 6.40. The minimum absolute atomic E-state index is 0.158. The number of hydrogen-bond donors (Lipinski definition) is 0. The summed E-state index contributed by atoms with van der Waals surface area (Å²) < 4.78 is 0. The first kappa shape index (κ1) is 18.7. The SMILES string of the molecule is CCC(C)(c1ccc2c(c1)CC(C(C)C)CC2)N1CC(c2ccccc2)C1. The summed E-state index contributed by atoms with van der Waals surface area (Å²) >= 11 is 0. The van der Waals surface area contributed by atoms with E-state index < -0.39 is 0 Å². The minimum Gasteiger partial charge on any atom is -0.293 e. The molecular weight excluding hydrogens is 326 g/mol. The second-order valence-corrected chi connectivity index (χ2v) is 9.37. The van der Waals surface area contributed by atoms with Crippen molar-refractivity contribution in [3.8, 4) is 0 Å². The number of benzene rings is 2. The lowest BCUT2D eigenvalue weighted by molar-refractivity contribution is 0.0168. The Hall–Kier alpha value is -1.60. The molecule has 2 aromatic rings. The van der Waals surface area contributed by atoms with Gasteiger partial charge in [0.2, 0.25) is 0 Å². The number of fused-ring (bicyclic) bond motifs is 1. The third-order valence-corrected chi connectivity index (χ3v) is 7.58. The van der Waals surface area contributed by atoms with E-state index in [1.807, 2.05) is 0 Å². The highest BCUT2D eigenvalue weighted by atomic mass is 15.2. The first-order chi connectivity index (χ1) is 13.0. The number of aryl methyl sites for hydroxylation is 1. The molecule has 1 nitrogen and oxygen atoms in total. The lowest BCUT2D eigenvalue weighted by atomic mass is 9.75. The fraction of sp³-hybridized carbons (Fsp3) is 0.538. The van der Waals surface area contributed by atoms with Crippen molar-refractivity contribution in [1.29, 1.82) is 0 Å². The molecule has 1 heterocycles. The Bertz CT molecular complexity index is 772. The Kier molecular flexibility index (Phi) is 5.16. The molecule has 0 radical (unpaired) electrons. The fourth-order valence-electron chi connectivity index (χ4n) is 5.12. The minimum atomic E-state index is 0.158. The van der Waals surface area contributed by atoms with Gasteiger partial charge in [-0.3, -0.25) is 4.90 Å².